The van der Waals surface area contributed by atoms with Gasteiger partial charge >= 0.3 is 0 Å². The van der Waals surface area contributed by atoms with Crippen molar-refractivity contribution in [1.29, 1.82) is 0 Å². The van der Waals surface area contributed by atoms with Gasteiger partial charge in [-0.05, 0) is 74.3 Å². The van der Waals surface area contributed by atoms with Gasteiger partial charge in [0.2, 0.25) is 0 Å². The minimum absolute atomic E-state index is 0.655. The maximum absolute atomic E-state index is 5.79. The summed E-state index contributed by atoms with van der Waals surface area (Å²) in [7, 11) is 0. The summed E-state index contributed by atoms with van der Waals surface area (Å²) in [4.78, 5) is 4.49. The van der Waals surface area contributed by atoms with Crippen LogP contribution in [0.1, 0.15) is 37.7 Å². The summed E-state index contributed by atoms with van der Waals surface area (Å²) in [6.45, 7) is 2.10. The molecule has 4 aliphatic carbocycles. The molecule has 3 nitrogen and oxygen atoms in total. The normalized spacial score (nSPS) is 39.5. The van der Waals surface area contributed by atoms with Crippen LogP contribution in [-0.4, -0.2) is 11.0 Å². The number of hydrogen-bond acceptors (Lipinski definition) is 3. The molecule has 1 heterocycles. The molecule has 0 radical (unpaired) electrons. The summed E-state index contributed by atoms with van der Waals surface area (Å²) in [5.41, 5.74) is 7.72. The first-order chi connectivity index (χ1) is 9.19. The van der Waals surface area contributed by atoms with Gasteiger partial charge in [-0.1, -0.05) is 0 Å². The summed E-state index contributed by atoms with van der Waals surface area (Å²) in [5, 5.41) is 3.75. The molecular weight excluding hydrogens is 234 g/mol. The molecule has 1 aromatic rings. The molecule has 19 heavy (non-hydrogen) atoms. The van der Waals surface area contributed by atoms with Crippen molar-refractivity contribution in [1.82, 2.24) is 4.98 Å². The fourth-order valence-electron chi connectivity index (χ4n) is 5.07. The van der Waals surface area contributed by atoms with Gasteiger partial charge < -0.3 is 11.1 Å². The summed E-state index contributed by atoms with van der Waals surface area (Å²) in [5.74, 6) is 4.87. The third-order valence-electron chi connectivity index (χ3n) is 5.63. The molecule has 3 heteroatoms. The number of nitrogen functional groups attached to an aromatic ring is 1. The standard InChI is InChI=1S/C16H23N3/c1-9-2-14(17)8-18-16(9)19-15-12-4-10-3-11(6-12)7-13(15)5-10/h2,8,10-13,15H,3-7,17H2,1H3,(H,18,19). The van der Waals surface area contributed by atoms with Gasteiger partial charge in [-0.2, -0.15) is 0 Å². The third-order valence-corrected chi connectivity index (χ3v) is 5.63. The van der Waals surface area contributed by atoms with E-state index >= 15 is 0 Å². The number of aryl methyl sites for hydroxylation is 1. The molecule has 1 aromatic heterocycles. The number of anilines is 2. The van der Waals surface area contributed by atoms with Crippen LogP contribution in [0.15, 0.2) is 12.3 Å². The van der Waals surface area contributed by atoms with Crippen molar-refractivity contribution in [2.75, 3.05) is 11.1 Å². The van der Waals surface area contributed by atoms with E-state index in [0.717, 1.165) is 35.2 Å². The SMILES string of the molecule is Cc1cc(N)cnc1NC1C2CC3CC(C2)CC1C3. The minimum atomic E-state index is 0.655. The van der Waals surface area contributed by atoms with E-state index in [9.17, 15) is 0 Å². The molecule has 4 fully saturated rings. The zero-order chi connectivity index (χ0) is 13.0. The van der Waals surface area contributed by atoms with E-state index in [4.69, 9.17) is 5.73 Å². The number of nitrogens with two attached hydrogens (primary N) is 1. The van der Waals surface area contributed by atoms with Crippen molar-refractivity contribution in [3.63, 3.8) is 0 Å². The lowest BCUT2D eigenvalue weighted by atomic mass is 9.54. The molecule has 4 bridgehead atoms. The highest BCUT2D eigenvalue weighted by Gasteiger charge is 2.48. The van der Waals surface area contributed by atoms with E-state index in [1.54, 1.807) is 6.20 Å². The first-order valence-corrected chi connectivity index (χ1v) is 7.67. The fraction of sp³-hybridized carbons (Fsp3) is 0.688. The molecular formula is C16H23N3. The predicted molar refractivity (Wildman–Crippen MR) is 77.8 cm³/mol. The topological polar surface area (TPSA) is 50.9 Å². The molecule has 0 aromatic carbocycles. The minimum Gasteiger partial charge on any atom is -0.397 e. The van der Waals surface area contributed by atoms with Crippen molar-refractivity contribution >= 4 is 11.5 Å². The van der Waals surface area contributed by atoms with E-state index in [-0.39, 0.29) is 0 Å². The van der Waals surface area contributed by atoms with Crippen molar-refractivity contribution in [3.8, 4) is 0 Å². The van der Waals surface area contributed by atoms with Crippen molar-refractivity contribution in [2.24, 2.45) is 23.7 Å². The smallest absolute Gasteiger partial charge is 0.129 e. The molecule has 4 saturated carbocycles. The highest BCUT2D eigenvalue weighted by atomic mass is 15.0. The maximum atomic E-state index is 5.79. The number of nitrogens with one attached hydrogen (secondary N) is 1. The highest BCUT2D eigenvalue weighted by molar-refractivity contribution is 5.51. The molecule has 0 atom stereocenters. The predicted octanol–water partition coefficient (Wildman–Crippen LogP) is 3.21. The highest BCUT2D eigenvalue weighted by Crippen LogP contribution is 2.54. The summed E-state index contributed by atoms with van der Waals surface area (Å²) < 4.78 is 0. The number of rotatable bonds is 2. The first-order valence-electron chi connectivity index (χ1n) is 7.67. The van der Waals surface area contributed by atoms with Gasteiger partial charge in [0.1, 0.15) is 5.82 Å². The zero-order valence-corrected chi connectivity index (χ0v) is 11.6. The van der Waals surface area contributed by atoms with E-state index < -0.39 is 0 Å². The number of nitrogens with zero attached hydrogens (tertiary/aromatic N) is 1. The van der Waals surface area contributed by atoms with E-state index in [1.165, 1.54) is 37.7 Å². The lowest BCUT2D eigenvalue weighted by molar-refractivity contribution is 0.00740. The van der Waals surface area contributed by atoms with Gasteiger partial charge in [0.05, 0.1) is 11.9 Å². The van der Waals surface area contributed by atoms with Crippen molar-refractivity contribution in [2.45, 2.75) is 45.1 Å². The van der Waals surface area contributed by atoms with Crippen LogP contribution in [-0.2, 0) is 0 Å². The summed E-state index contributed by atoms with van der Waals surface area (Å²) in [6, 6.07) is 2.67. The van der Waals surface area contributed by atoms with Crippen LogP contribution in [0, 0.1) is 30.6 Å². The van der Waals surface area contributed by atoms with Crippen LogP contribution in [0.4, 0.5) is 11.5 Å². The fourth-order valence-corrected chi connectivity index (χ4v) is 5.07. The Morgan fingerprint density at radius 3 is 2.32 bits per heavy atom. The Morgan fingerprint density at radius 1 is 1.11 bits per heavy atom. The van der Waals surface area contributed by atoms with Gasteiger partial charge in [-0.25, -0.2) is 4.98 Å². The maximum Gasteiger partial charge on any atom is 0.129 e. The second-order valence-corrected chi connectivity index (χ2v) is 7.03. The first kappa shape index (κ1) is 11.6. The Labute approximate surface area is 115 Å². The van der Waals surface area contributed by atoms with Crippen LogP contribution in [0.2, 0.25) is 0 Å². The molecule has 0 unspecified atom stereocenters. The van der Waals surface area contributed by atoms with Crippen LogP contribution < -0.4 is 11.1 Å². The second-order valence-electron chi connectivity index (χ2n) is 7.03. The Kier molecular flexibility index (Phi) is 2.51. The Hall–Kier alpha value is -1.25. The van der Waals surface area contributed by atoms with Crippen LogP contribution in [0.5, 0.6) is 0 Å². The summed E-state index contributed by atoms with van der Waals surface area (Å²) >= 11 is 0. The van der Waals surface area contributed by atoms with Crippen molar-refractivity contribution < 1.29 is 0 Å². The number of pyridine rings is 1. The second kappa shape index (κ2) is 4.12. The molecule has 0 saturated heterocycles. The van der Waals surface area contributed by atoms with Crippen LogP contribution in [0.3, 0.4) is 0 Å². The Bertz CT molecular complexity index is 469. The quantitative estimate of drug-likeness (QED) is 0.855. The van der Waals surface area contributed by atoms with Crippen LogP contribution >= 0.6 is 0 Å². The van der Waals surface area contributed by atoms with Crippen LogP contribution in [0.25, 0.3) is 0 Å². The molecule has 102 valence electrons. The van der Waals surface area contributed by atoms with Gasteiger partial charge in [0, 0.05) is 6.04 Å². The molecule has 3 N–H and O–H groups in total. The lowest BCUT2D eigenvalue weighted by Crippen LogP contribution is -2.51. The molecule has 0 spiro atoms. The van der Waals surface area contributed by atoms with E-state index in [1.807, 2.05) is 6.07 Å². The Morgan fingerprint density at radius 2 is 1.74 bits per heavy atom. The monoisotopic (exact) mass is 257 g/mol. The average molecular weight is 257 g/mol. The van der Waals surface area contributed by atoms with Gasteiger partial charge in [0.15, 0.2) is 0 Å². The van der Waals surface area contributed by atoms with E-state index in [0.29, 0.717) is 6.04 Å². The average Bonchev–Trinajstić information content (AvgIpc) is 2.35. The van der Waals surface area contributed by atoms with Crippen molar-refractivity contribution in [3.05, 3.63) is 17.8 Å². The molecule has 5 rings (SSSR count). The van der Waals surface area contributed by atoms with E-state index in [2.05, 4.69) is 17.2 Å². The van der Waals surface area contributed by atoms with Gasteiger partial charge in [-0.15, -0.1) is 0 Å². The molecule has 0 aliphatic heterocycles. The lowest BCUT2D eigenvalue weighted by Gasteiger charge is -2.54. The third kappa shape index (κ3) is 1.90. The molecule has 0 amide bonds. The Balaban J connectivity index is 1.56. The molecule has 4 aliphatic rings. The number of hydrogen-bond donors (Lipinski definition) is 2. The van der Waals surface area contributed by atoms with Gasteiger partial charge in [0.25, 0.3) is 0 Å². The zero-order valence-electron chi connectivity index (χ0n) is 11.6. The van der Waals surface area contributed by atoms with Gasteiger partial charge in [-0.3, -0.25) is 0 Å². The summed E-state index contributed by atoms with van der Waals surface area (Å²) in [6.07, 6.45) is 9.05. The largest absolute Gasteiger partial charge is 0.397 e. The number of aromatic nitrogens is 1.